The molecule has 82 valence electrons. The Kier molecular flexibility index (Phi) is 1.74. The van der Waals surface area contributed by atoms with Crippen LogP contribution < -0.4 is 5.56 Å². The molecule has 3 aromatic heterocycles. The number of nitrogens with zero attached hydrogens (tertiary/aromatic N) is 4. The second-order valence-electron chi connectivity index (χ2n) is 3.78. The molecule has 0 amide bonds. The molecule has 0 atom stereocenters. The topological polar surface area (TPSA) is 52.7 Å². The molecular weight excluding hydrogens is 224 g/mol. The average Bonchev–Trinajstić information content (AvgIpc) is 2.72. The largest absolute Gasteiger partial charge is 0.323 e. The lowest BCUT2D eigenvalue weighted by molar-refractivity contribution is 0.713. The fraction of sp³-hybridized carbons (Fsp3) is 0.300. The van der Waals surface area contributed by atoms with E-state index in [0.717, 1.165) is 20.7 Å². The number of hydrogen-bond donors (Lipinski definition) is 0. The quantitative estimate of drug-likeness (QED) is 0.587. The summed E-state index contributed by atoms with van der Waals surface area (Å²) in [5.41, 5.74) is 1.46. The lowest BCUT2D eigenvalue weighted by atomic mass is 10.4. The standard InChI is InChI=1S/C10H10N4OS/c1-5-12-9-8(16-5)6-4-11-14(3)10(15)7(6)13(9)2/h4H,1-3H3. The zero-order chi connectivity index (χ0) is 11.4. The van der Waals surface area contributed by atoms with E-state index in [2.05, 4.69) is 10.1 Å². The molecule has 0 aliphatic heterocycles. The molecule has 0 aliphatic rings. The van der Waals surface area contributed by atoms with Gasteiger partial charge in [0.05, 0.1) is 15.9 Å². The first-order chi connectivity index (χ1) is 7.59. The monoisotopic (exact) mass is 234 g/mol. The molecule has 0 aromatic carbocycles. The molecule has 0 N–H and O–H groups in total. The maximum absolute atomic E-state index is 12.0. The van der Waals surface area contributed by atoms with E-state index in [1.165, 1.54) is 4.68 Å². The zero-order valence-corrected chi connectivity index (χ0v) is 10.00. The molecule has 3 rings (SSSR count). The Morgan fingerprint density at radius 3 is 2.88 bits per heavy atom. The van der Waals surface area contributed by atoms with E-state index < -0.39 is 0 Å². The zero-order valence-electron chi connectivity index (χ0n) is 9.18. The van der Waals surface area contributed by atoms with Crippen LogP contribution in [0.3, 0.4) is 0 Å². The van der Waals surface area contributed by atoms with Crippen molar-refractivity contribution >= 4 is 32.6 Å². The molecule has 6 heteroatoms. The minimum absolute atomic E-state index is 0.0807. The summed E-state index contributed by atoms with van der Waals surface area (Å²) in [6.45, 7) is 1.96. The Labute approximate surface area is 94.9 Å². The van der Waals surface area contributed by atoms with Gasteiger partial charge >= 0.3 is 0 Å². The smallest absolute Gasteiger partial charge is 0.291 e. The highest BCUT2D eigenvalue weighted by Gasteiger charge is 2.15. The highest BCUT2D eigenvalue weighted by Crippen LogP contribution is 2.29. The molecular formula is C10H10N4OS. The first-order valence-corrected chi connectivity index (χ1v) is 5.69. The maximum atomic E-state index is 12.0. The number of aryl methyl sites for hydroxylation is 3. The molecule has 16 heavy (non-hydrogen) atoms. The van der Waals surface area contributed by atoms with E-state index in [1.807, 2.05) is 18.5 Å². The van der Waals surface area contributed by atoms with E-state index in [1.54, 1.807) is 24.6 Å². The van der Waals surface area contributed by atoms with E-state index in [9.17, 15) is 4.79 Å². The highest BCUT2D eigenvalue weighted by atomic mass is 32.1. The Hall–Kier alpha value is -1.69. The summed E-state index contributed by atoms with van der Waals surface area (Å²) < 4.78 is 4.23. The predicted octanol–water partition coefficient (Wildman–Crippen LogP) is 1.19. The van der Waals surface area contributed by atoms with E-state index in [-0.39, 0.29) is 5.56 Å². The molecule has 0 saturated heterocycles. The van der Waals surface area contributed by atoms with Gasteiger partial charge < -0.3 is 4.57 Å². The molecule has 3 heterocycles. The van der Waals surface area contributed by atoms with Crippen molar-refractivity contribution < 1.29 is 0 Å². The molecule has 0 spiro atoms. The molecule has 0 bridgehead atoms. The van der Waals surface area contributed by atoms with Crippen LogP contribution in [-0.2, 0) is 14.1 Å². The van der Waals surface area contributed by atoms with Gasteiger partial charge in [-0.05, 0) is 6.92 Å². The van der Waals surface area contributed by atoms with Gasteiger partial charge in [0.25, 0.3) is 5.56 Å². The minimum atomic E-state index is -0.0807. The Morgan fingerprint density at radius 1 is 1.38 bits per heavy atom. The Bertz CT molecular complexity index is 764. The molecule has 0 unspecified atom stereocenters. The van der Waals surface area contributed by atoms with Crippen LogP contribution in [0.15, 0.2) is 11.0 Å². The molecule has 0 fully saturated rings. The van der Waals surface area contributed by atoms with Crippen LogP contribution in [0.25, 0.3) is 21.3 Å². The average molecular weight is 234 g/mol. The van der Waals surface area contributed by atoms with E-state index in [4.69, 9.17) is 0 Å². The summed E-state index contributed by atoms with van der Waals surface area (Å²) in [4.78, 5) is 16.4. The second-order valence-corrected chi connectivity index (χ2v) is 4.98. The maximum Gasteiger partial charge on any atom is 0.291 e. The summed E-state index contributed by atoms with van der Waals surface area (Å²) in [7, 11) is 3.52. The van der Waals surface area contributed by atoms with Crippen LogP contribution in [0.2, 0.25) is 0 Å². The Morgan fingerprint density at radius 2 is 2.12 bits per heavy atom. The Balaban J connectivity index is 2.68. The summed E-state index contributed by atoms with van der Waals surface area (Å²) in [5, 5.41) is 5.95. The van der Waals surface area contributed by atoms with Gasteiger partial charge in [0, 0.05) is 19.5 Å². The second kappa shape index (κ2) is 2.91. The van der Waals surface area contributed by atoms with Gasteiger partial charge in [-0.25, -0.2) is 9.67 Å². The van der Waals surface area contributed by atoms with E-state index >= 15 is 0 Å². The van der Waals surface area contributed by atoms with Crippen LogP contribution in [0.5, 0.6) is 0 Å². The number of hydrogen-bond acceptors (Lipinski definition) is 4. The fourth-order valence-corrected chi connectivity index (χ4v) is 2.90. The third-order valence-corrected chi connectivity index (χ3v) is 3.72. The lowest BCUT2D eigenvalue weighted by Crippen LogP contribution is -2.20. The van der Waals surface area contributed by atoms with Crippen molar-refractivity contribution in [2.75, 3.05) is 0 Å². The normalized spacial score (nSPS) is 11.7. The van der Waals surface area contributed by atoms with Crippen molar-refractivity contribution in [2.24, 2.45) is 14.1 Å². The number of thiazole rings is 1. The van der Waals surface area contributed by atoms with Crippen molar-refractivity contribution in [3.63, 3.8) is 0 Å². The van der Waals surface area contributed by atoms with Gasteiger partial charge in [0.15, 0.2) is 5.65 Å². The molecule has 0 aliphatic carbocycles. The van der Waals surface area contributed by atoms with Gasteiger partial charge in [0.1, 0.15) is 5.52 Å². The summed E-state index contributed by atoms with van der Waals surface area (Å²) in [5.74, 6) is 0. The minimum Gasteiger partial charge on any atom is -0.323 e. The first-order valence-electron chi connectivity index (χ1n) is 4.87. The van der Waals surface area contributed by atoms with E-state index in [0.29, 0.717) is 5.52 Å². The molecule has 5 nitrogen and oxygen atoms in total. The van der Waals surface area contributed by atoms with Gasteiger partial charge in [-0.15, -0.1) is 11.3 Å². The van der Waals surface area contributed by atoms with Crippen molar-refractivity contribution in [2.45, 2.75) is 6.92 Å². The van der Waals surface area contributed by atoms with Crippen LogP contribution in [0, 0.1) is 6.92 Å². The predicted molar refractivity (Wildman–Crippen MR) is 63.9 cm³/mol. The van der Waals surface area contributed by atoms with Crippen molar-refractivity contribution in [1.82, 2.24) is 19.3 Å². The van der Waals surface area contributed by atoms with Gasteiger partial charge in [-0.2, -0.15) is 5.10 Å². The first kappa shape index (κ1) is 9.53. The van der Waals surface area contributed by atoms with Crippen molar-refractivity contribution in [1.29, 1.82) is 0 Å². The molecule has 0 radical (unpaired) electrons. The highest BCUT2D eigenvalue weighted by molar-refractivity contribution is 7.19. The molecule has 0 saturated carbocycles. The number of rotatable bonds is 0. The summed E-state index contributed by atoms with van der Waals surface area (Å²) in [6, 6.07) is 0. The number of fused-ring (bicyclic) bond motifs is 3. The van der Waals surface area contributed by atoms with Crippen molar-refractivity contribution in [3.05, 3.63) is 21.6 Å². The van der Waals surface area contributed by atoms with Gasteiger partial charge in [0.2, 0.25) is 0 Å². The third-order valence-electron chi connectivity index (χ3n) is 2.73. The lowest BCUT2D eigenvalue weighted by Gasteiger charge is -1.98. The van der Waals surface area contributed by atoms with Crippen LogP contribution in [-0.4, -0.2) is 19.3 Å². The van der Waals surface area contributed by atoms with Crippen LogP contribution >= 0.6 is 11.3 Å². The fourth-order valence-electron chi connectivity index (χ4n) is 1.94. The summed E-state index contributed by atoms with van der Waals surface area (Å²) in [6.07, 6.45) is 1.73. The SMILES string of the molecule is Cc1nc2c(s1)c1cnn(C)c(=O)c1n2C. The van der Waals surface area contributed by atoms with Crippen LogP contribution in [0.1, 0.15) is 5.01 Å². The third kappa shape index (κ3) is 1.02. The van der Waals surface area contributed by atoms with Gasteiger partial charge in [-0.3, -0.25) is 4.79 Å². The number of aromatic nitrogens is 4. The molecule has 3 aromatic rings. The van der Waals surface area contributed by atoms with Gasteiger partial charge in [-0.1, -0.05) is 0 Å². The van der Waals surface area contributed by atoms with Crippen LogP contribution in [0.4, 0.5) is 0 Å². The summed E-state index contributed by atoms with van der Waals surface area (Å²) >= 11 is 1.60. The van der Waals surface area contributed by atoms with Crippen molar-refractivity contribution in [3.8, 4) is 0 Å².